The highest BCUT2D eigenvalue weighted by molar-refractivity contribution is 5.85. The maximum absolute atomic E-state index is 13.2. The van der Waals surface area contributed by atoms with Crippen LogP contribution in [0.4, 0.5) is 22.0 Å². The summed E-state index contributed by atoms with van der Waals surface area (Å²) in [6.07, 6.45) is 8.23. The van der Waals surface area contributed by atoms with Gasteiger partial charge in [-0.05, 0) is 24.6 Å². The van der Waals surface area contributed by atoms with E-state index in [1.165, 1.54) is 12.1 Å². The van der Waals surface area contributed by atoms with Crippen molar-refractivity contribution in [2.75, 3.05) is 10.6 Å². The number of nitrogens with one attached hydrogen (secondary N) is 3. The number of aromatic amines is 1. The van der Waals surface area contributed by atoms with Crippen LogP contribution in [0.3, 0.4) is 0 Å². The fraction of sp³-hybridized carbons (Fsp3) is 0.105. The summed E-state index contributed by atoms with van der Waals surface area (Å²) in [7, 11) is 0. The van der Waals surface area contributed by atoms with Crippen molar-refractivity contribution in [2.45, 2.75) is 13.0 Å². The molecule has 1 atom stereocenters. The number of rotatable bonds is 6. The van der Waals surface area contributed by atoms with Crippen molar-refractivity contribution in [3.05, 3.63) is 72.7 Å². The minimum Gasteiger partial charge on any atom is -0.348 e. The summed E-state index contributed by atoms with van der Waals surface area (Å²) in [6, 6.07) is 7.99. The monoisotopic (exact) mass is 412 g/mol. The van der Waals surface area contributed by atoms with E-state index in [4.69, 9.17) is 0 Å². The molecule has 1 aromatic carbocycles. The Morgan fingerprint density at radius 3 is 2.55 bits per heavy atom. The Bertz CT molecular complexity index is 1040. The molecule has 0 radical (unpaired) electrons. The van der Waals surface area contributed by atoms with Gasteiger partial charge in [0.25, 0.3) is 0 Å². The van der Waals surface area contributed by atoms with Crippen LogP contribution in [0.25, 0.3) is 11.3 Å². The number of hydrogen-bond acceptors (Lipinski definition) is 7. The molecule has 8 nitrogen and oxygen atoms in total. The van der Waals surface area contributed by atoms with E-state index in [2.05, 4.69) is 40.8 Å². The van der Waals surface area contributed by atoms with Gasteiger partial charge in [-0.2, -0.15) is 10.1 Å². The minimum absolute atomic E-state index is 0. The molecule has 3 N–H and O–H groups in total. The van der Waals surface area contributed by atoms with Gasteiger partial charge in [0, 0.05) is 30.2 Å². The van der Waals surface area contributed by atoms with Gasteiger partial charge in [-0.25, -0.2) is 14.4 Å². The number of H-pyrrole nitrogens is 1. The summed E-state index contributed by atoms with van der Waals surface area (Å²) in [6.45, 7) is 1.96. The minimum atomic E-state index is -0.274. The van der Waals surface area contributed by atoms with E-state index in [-0.39, 0.29) is 24.3 Å². The van der Waals surface area contributed by atoms with Gasteiger partial charge in [0.2, 0.25) is 5.95 Å². The summed E-state index contributed by atoms with van der Waals surface area (Å²) in [5, 5.41) is 13.1. The van der Waals surface area contributed by atoms with E-state index >= 15 is 0 Å². The molecule has 148 valence electrons. The summed E-state index contributed by atoms with van der Waals surface area (Å²) in [5.74, 6) is 1.27. The van der Waals surface area contributed by atoms with Gasteiger partial charge in [-0.3, -0.25) is 10.1 Å². The van der Waals surface area contributed by atoms with E-state index in [1.54, 1.807) is 49.2 Å². The molecule has 4 aromatic rings. The van der Waals surface area contributed by atoms with E-state index < -0.39 is 0 Å². The summed E-state index contributed by atoms with van der Waals surface area (Å²) in [5.41, 5.74) is 2.42. The van der Waals surface area contributed by atoms with Crippen molar-refractivity contribution >= 4 is 30.0 Å². The molecule has 0 fully saturated rings. The molecule has 0 bridgehead atoms. The number of aromatic nitrogens is 6. The zero-order valence-electron chi connectivity index (χ0n) is 15.4. The average Bonchev–Trinajstić information content (AvgIpc) is 3.24. The quantitative estimate of drug-likeness (QED) is 0.437. The van der Waals surface area contributed by atoms with Crippen molar-refractivity contribution in [3.63, 3.8) is 0 Å². The van der Waals surface area contributed by atoms with Gasteiger partial charge >= 0.3 is 0 Å². The average molecular weight is 413 g/mol. The predicted octanol–water partition coefficient (Wildman–Crippen LogP) is 4.13. The molecule has 0 aliphatic carbocycles. The second-order valence-corrected chi connectivity index (χ2v) is 6.08. The Morgan fingerprint density at radius 2 is 1.86 bits per heavy atom. The first-order chi connectivity index (χ1) is 13.7. The largest absolute Gasteiger partial charge is 0.348 e. The van der Waals surface area contributed by atoms with Gasteiger partial charge in [0.15, 0.2) is 0 Å². The summed E-state index contributed by atoms with van der Waals surface area (Å²) >= 11 is 0. The van der Waals surface area contributed by atoms with Crippen LogP contribution in [-0.2, 0) is 0 Å². The van der Waals surface area contributed by atoms with Crippen LogP contribution in [0.1, 0.15) is 18.5 Å². The van der Waals surface area contributed by atoms with E-state index in [0.29, 0.717) is 23.3 Å². The lowest BCUT2D eigenvalue weighted by Gasteiger charge is -2.16. The third-order valence-electron chi connectivity index (χ3n) is 4.06. The molecule has 0 spiro atoms. The van der Waals surface area contributed by atoms with Crippen LogP contribution in [0.5, 0.6) is 0 Å². The van der Waals surface area contributed by atoms with Crippen molar-refractivity contribution in [1.82, 2.24) is 30.1 Å². The molecule has 4 rings (SSSR count). The molecule has 3 aromatic heterocycles. The van der Waals surface area contributed by atoms with Crippen LogP contribution in [-0.4, -0.2) is 30.1 Å². The van der Waals surface area contributed by atoms with Crippen molar-refractivity contribution in [2.24, 2.45) is 0 Å². The molecule has 0 saturated carbocycles. The van der Waals surface area contributed by atoms with Crippen LogP contribution >= 0.6 is 12.4 Å². The zero-order valence-corrected chi connectivity index (χ0v) is 16.2. The molecule has 10 heteroatoms. The van der Waals surface area contributed by atoms with Gasteiger partial charge in [-0.15, -0.1) is 12.4 Å². The first kappa shape index (κ1) is 20.2. The third kappa shape index (κ3) is 5.02. The lowest BCUT2D eigenvalue weighted by Crippen LogP contribution is -2.11. The molecule has 0 aliphatic rings. The summed E-state index contributed by atoms with van der Waals surface area (Å²) < 4.78 is 13.2. The SMILES string of the molecule is CC(Nc1nc(Nc2cnccn2)cc(-c2cn[nH]c2)n1)c1ccc(F)cc1.Cl. The second-order valence-electron chi connectivity index (χ2n) is 6.08. The Hall–Kier alpha value is -3.59. The topological polar surface area (TPSA) is 104 Å². The number of hydrogen-bond donors (Lipinski definition) is 3. The molecule has 0 aliphatic heterocycles. The van der Waals surface area contributed by atoms with Gasteiger partial charge in [-0.1, -0.05) is 12.1 Å². The molecule has 0 saturated heterocycles. The normalized spacial score (nSPS) is 11.4. The van der Waals surface area contributed by atoms with Crippen LogP contribution in [0.2, 0.25) is 0 Å². The Labute approximate surface area is 172 Å². The highest BCUT2D eigenvalue weighted by atomic mass is 35.5. The molecule has 29 heavy (non-hydrogen) atoms. The Kier molecular flexibility index (Phi) is 6.30. The zero-order chi connectivity index (χ0) is 19.3. The van der Waals surface area contributed by atoms with Crippen molar-refractivity contribution in [1.29, 1.82) is 0 Å². The lowest BCUT2D eigenvalue weighted by molar-refractivity contribution is 0.626. The maximum Gasteiger partial charge on any atom is 0.225 e. The molecule has 3 heterocycles. The van der Waals surface area contributed by atoms with Gasteiger partial charge in [0.05, 0.1) is 24.1 Å². The summed E-state index contributed by atoms with van der Waals surface area (Å²) in [4.78, 5) is 17.3. The maximum atomic E-state index is 13.2. The first-order valence-electron chi connectivity index (χ1n) is 8.60. The van der Waals surface area contributed by atoms with Gasteiger partial charge in [0.1, 0.15) is 17.5 Å². The van der Waals surface area contributed by atoms with Crippen LogP contribution in [0.15, 0.2) is 61.3 Å². The van der Waals surface area contributed by atoms with Crippen LogP contribution < -0.4 is 10.6 Å². The second kappa shape index (κ2) is 9.07. The highest BCUT2D eigenvalue weighted by Gasteiger charge is 2.12. The molecular weight excluding hydrogens is 395 g/mol. The number of nitrogens with zero attached hydrogens (tertiary/aromatic N) is 5. The van der Waals surface area contributed by atoms with Crippen LogP contribution in [0, 0.1) is 5.82 Å². The number of halogens is 2. The smallest absolute Gasteiger partial charge is 0.225 e. The number of anilines is 3. The highest BCUT2D eigenvalue weighted by Crippen LogP contribution is 2.24. The Morgan fingerprint density at radius 1 is 1.03 bits per heavy atom. The van der Waals surface area contributed by atoms with Crippen molar-refractivity contribution < 1.29 is 4.39 Å². The molecule has 0 amide bonds. The molecule has 1 unspecified atom stereocenters. The first-order valence-corrected chi connectivity index (χ1v) is 8.60. The lowest BCUT2D eigenvalue weighted by atomic mass is 10.1. The standard InChI is InChI=1S/C19H17FN8.ClH/c1-12(13-2-4-15(20)5-3-13)25-19-26-16(14-9-23-24-10-14)8-17(28-19)27-18-11-21-6-7-22-18;/h2-12H,1H3,(H,23,24)(H2,22,25,26,27,28);1H. The van der Waals surface area contributed by atoms with E-state index in [1.807, 2.05) is 6.92 Å². The van der Waals surface area contributed by atoms with E-state index in [0.717, 1.165) is 11.1 Å². The fourth-order valence-electron chi connectivity index (χ4n) is 2.64. The fourth-order valence-corrected chi connectivity index (χ4v) is 2.64. The van der Waals surface area contributed by atoms with Gasteiger partial charge < -0.3 is 10.6 Å². The third-order valence-corrected chi connectivity index (χ3v) is 4.06. The van der Waals surface area contributed by atoms with Crippen molar-refractivity contribution in [3.8, 4) is 11.3 Å². The number of benzene rings is 1. The Balaban J connectivity index is 0.00000240. The molecular formula is C19H18ClFN8. The predicted molar refractivity (Wildman–Crippen MR) is 111 cm³/mol. The van der Waals surface area contributed by atoms with E-state index in [9.17, 15) is 4.39 Å².